The van der Waals surface area contributed by atoms with Crippen molar-refractivity contribution in [3.63, 3.8) is 0 Å². The second kappa shape index (κ2) is 7.46. The summed E-state index contributed by atoms with van der Waals surface area (Å²) in [5.41, 5.74) is 2.06. The van der Waals surface area contributed by atoms with E-state index in [0.717, 1.165) is 11.3 Å². The Bertz CT molecular complexity index is 481. The van der Waals surface area contributed by atoms with Crippen molar-refractivity contribution in [3.05, 3.63) is 29.3 Å². The Morgan fingerprint density at radius 3 is 2.62 bits per heavy atom. The van der Waals surface area contributed by atoms with Gasteiger partial charge >= 0.3 is 0 Å². The summed E-state index contributed by atoms with van der Waals surface area (Å²) in [5.74, 6) is 0.590. The summed E-state index contributed by atoms with van der Waals surface area (Å²) in [6.07, 6.45) is 0.272. The molecule has 1 aromatic carbocycles. The van der Waals surface area contributed by atoms with Crippen LogP contribution < -0.4 is 10.1 Å². The lowest BCUT2D eigenvalue weighted by Gasteiger charge is -2.26. The number of ether oxygens (including phenoxy) is 1. The largest absolute Gasteiger partial charge is 0.484 e. The second-order valence-electron chi connectivity index (χ2n) is 6.55. The van der Waals surface area contributed by atoms with Gasteiger partial charge in [0.1, 0.15) is 5.75 Å². The van der Waals surface area contributed by atoms with E-state index in [1.54, 1.807) is 6.92 Å². The number of nitrogens with one attached hydrogen (secondary N) is 1. The van der Waals surface area contributed by atoms with Crippen LogP contribution in [0.25, 0.3) is 0 Å². The maximum Gasteiger partial charge on any atom is 0.257 e. The first-order valence-corrected chi connectivity index (χ1v) is 7.34. The van der Waals surface area contributed by atoms with Crippen molar-refractivity contribution in [1.82, 2.24) is 5.32 Å². The standard InChI is InChI=1S/C17H27NO3/c1-12-6-7-15(13(2)8-12)21-10-16(20)18-11-17(4,5)9-14(3)19/h6-8,14,19H,9-11H2,1-5H3,(H,18,20). The Hall–Kier alpha value is -1.55. The van der Waals surface area contributed by atoms with E-state index < -0.39 is 0 Å². The minimum absolute atomic E-state index is 0.00859. The molecule has 4 nitrogen and oxygen atoms in total. The van der Waals surface area contributed by atoms with Crippen molar-refractivity contribution in [2.45, 2.75) is 47.1 Å². The Kier molecular flexibility index (Phi) is 6.21. The van der Waals surface area contributed by atoms with Crippen LogP contribution in [-0.2, 0) is 4.79 Å². The van der Waals surface area contributed by atoms with Gasteiger partial charge in [0.05, 0.1) is 6.10 Å². The molecular weight excluding hydrogens is 266 g/mol. The van der Waals surface area contributed by atoms with Gasteiger partial charge in [-0.3, -0.25) is 4.79 Å². The number of carbonyl (C=O) groups excluding carboxylic acids is 1. The summed E-state index contributed by atoms with van der Waals surface area (Å²) < 4.78 is 5.54. The molecule has 1 aromatic rings. The van der Waals surface area contributed by atoms with E-state index in [2.05, 4.69) is 5.32 Å². The van der Waals surface area contributed by atoms with Gasteiger partial charge < -0.3 is 15.2 Å². The summed E-state index contributed by atoms with van der Waals surface area (Å²) in [6.45, 7) is 10.3. The van der Waals surface area contributed by atoms with Crippen LogP contribution in [0.3, 0.4) is 0 Å². The van der Waals surface area contributed by atoms with E-state index >= 15 is 0 Å². The molecule has 0 aromatic heterocycles. The molecule has 2 N–H and O–H groups in total. The van der Waals surface area contributed by atoms with E-state index in [4.69, 9.17) is 4.74 Å². The number of aryl methyl sites for hydroxylation is 2. The SMILES string of the molecule is Cc1ccc(OCC(=O)NCC(C)(C)CC(C)O)c(C)c1. The smallest absolute Gasteiger partial charge is 0.257 e. The number of aliphatic hydroxyl groups excluding tert-OH is 1. The van der Waals surface area contributed by atoms with E-state index in [0.29, 0.717) is 13.0 Å². The molecule has 0 aliphatic heterocycles. The van der Waals surface area contributed by atoms with Crippen LogP contribution in [0.1, 0.15) is 38.3 Å². The van der Waals surface area contributed by atoms with Crippen LogP contribution in [-0.4, -0.2) is 30.3 Å². The molecule has 21 heavy (non-hydrogen) atoms. The highest BCUT2D eigenvalue weighted by Crippen LogP contribution is 2.21. The van der Waals surface area contributed by atoms with Gasteiger partial charge in [-0.25, -0.2) is 0 Å². The first-order valence-electron chi connectivity index (χ1n) is 7.34. The molecule has 0 radical (unpaired) electrons. The van der Waals surface area contributed by atoms with Crippen molar-refractivity contribution in [2.24, 2.45) is 5.41 Å². The molecule has 118 valence electrons. The van der Waals surface area contributed by atoms with Crippen molar-refractivity contribution >= 4 is 5.91 Å². The Morgan fingerprint density at radius 2 is 2.05 bits per heavy atom. The van der Waals surface area contributed by atoms with Gasteiger partial charge in [0.2, 0.25) is 0 Å². The van der Waals surface area contributed by atoms with Gasteiger partial charge in [0, 0.05) is 6.54 Å². The van der Waals surface area contributed by atoms with Crippen molar-refractivity contribution in [1.29, 1.82) is 0 Å². The average Bonchev–Trinajstić information content (AvgIpc) is 2.34. The number of rotatable bonds is 7. The molecule has 0 saturated carbocycles. The van der Waals surface area contributed by atoms with Crippen LogP contribution in [0.5, 0.6) is 5.75 Å². The first kappa shape index (κ1) is 17.5. The maximum atomic E-state index is 11.8. The predicted octanol–water partition coefficient (Wildman–Crippen LogP) is 2.60. The molecule has 4 heteroatoms. The van der Waals surface area contributed by atoms with E-state index in [1.165, 1.54) is 5.56 Å². The molecule has 1 atom stereocenters. The van der Waals surface area contributed by atoms with Crippen LogP contribution in [0.15, 0.2) is 18.2 Å². The maximum absolute atomic E-state index is 11.8. The topological polar surface area (TPSA) is 58.6 Å². The summed E-state index contributed by atoms with van der Waals surface area (Å²) >= 11 is 0. The zero-order chi connectivity index (χ0) is 16.0. The molecule has 1 unspecified atom stereocenters. The number of carbonyl (C=O) groups is 1. The van der Waals surface area contributed by atoms with Gasteiger partial charge in [0.15, 0.2) is 6.61 Å². The predicted molar refractivity (Wildman–Crippen MR) is 84.5 cm³/mol. The first-order chi connectivity index (χ1) is 9.69. The zero-order valence-electron chi connectivity index (χ0n) is 13.7. The third-order valence-corrected chi connectivity index (χ3v) is 3.30. The van der Waals surface area contributed by atoms with E-state index in [-0.39, 0.29) is 24.0 Å². The van der Waals surface area contributed by atoms with Crippen LogP contribution in [0.2, 0.25) is 0 Å². The summed E-state index contributed by atoms with van der Waals surface area (Å²) in [7, 11) is 0. The van der Waals surface area contributed by atoms with Crippen LogP contribution in [0, 0.1) is 19.3 Å². The normalized spacial score (nSPS) is 12.9. The number of aliphatic hydroxyl groups is 1. The van der Waals surface area contributed by atoms with Crippen LogP contribution >= 0.6 is 0 Å². The second-order valence-corrected chi connectivity index (χ2v) is 6.55. The van der Waals surface area contributed by atoms with E-state index in [9.17, 15) is 9.90 Å². The highest BCUT2D eigenvalue weighted by Gasteiger charge is 2.21. The van der Waals surface area contributed by atoms with Crippen molar-refractivity contribution < 1.29 is 14.6 Å². The highest BCUT2D eigenvalue weighted by atomic mass is 16.5. The number of amides is 1. The Morgan fingerprint density at radius 1 is 1.38 bits per heavy atom. The van der Waals surface area contributed by atoms with Crippen LogP contribution in [0.4, 0.5) is 0 Å². The zero-order valence-corrected chi connectivity index (χ0v) is 13.7. The third-order valence-electron chi connectivity index (χ3n) is 3.30. The molecule has 0 aliphatic carbocycles. The quantitative estimate of drug-likeness (QED) is 0.812. The average molecular weight is 293 g/mol. The Balaban J connectivity index is 2.41. The highest BCUT2D eigenvalue weighted by molar-refractivity contribution is 5.77. The Labute approximate surface area is 127 Å². The fourth-order valence-electron chi connectivity index (χ4n) is 2.37. The minimum atomic E-state index is -0.372. The summed E-state index contributed by atoms with van der Waals surface area (Å²) in [4.78, 5) is 11.8. The molecule has 0 aliphatic rings. The van der Waals surface area contributed by atoms with Gasteiger partial charge in [-0.2, -0.15) is 0 Å². The van der Waals surface area contributed by atoms with Crippen molar-refractivity contribution in [3.8, 4) is 5.75 Å². The van der Waals surface area contributed by atoms with Gasteiger partial charge in [0.25, 0.3) is 5.91 Å². The number of hydrogen-bond acceptors (Lipinski definition) is 3. The molecule has 1 rings (SSSR count). The molecule has 0 bridgehead atoms. The lowest BCUT2D eigenvalue weighted by atomic mass is 9.87. The molecule has 0 heterocycles. The molecule has 1 amide bonds. The lowest BCUT2D eigenvalue weighted by molar-refractivity contribution is -0.123. The van der Waals surface area contributed by atoms with Crippen molar-refractivity contribution in [2.75, 3.05) is 13.2 Å². The van der Waals surface area contributed by atoms with Gasteiger partial charge in [-0.1, -0.05) is 31.5 Å². The molecule has 0 fully saturated rings. The minimum Gasteiger partial charge on any atom is -0.484 e. The van der Waals surface area contributed by atoms with Gasteiger partial charge in [-0.05, 0) is 44.2 Å². The number of hydrogen-bond donors (Lipinski definition) is 2. The number of benzene rings is 1. The molecule has 0 spiro atoms. The fraction of sp³-hybridized carbons (Fsp3) is 0.588. The van der Waals surface area contributed by atoms with E-state index in [1.807, 2.05) is 45.9 Å². The summed E-state index contributed by atoms with van der Waals surface area (Å²) in [6, 6.07) is 5.88. The lowest BCUT2D eigenvalue weighted by Crippen LogP contribution is -2.38. The fourth-order valence-corrected chi connectivity index (χ4v) is 2.37. The monoisotopic (exact) mass is 293 g/mol. The molecule has 0 saturated heterocycles. The summed E-state index contributed by atoms with van der Waals surface area (Å²) in [5, 5.41) is 12.3. The van der Waals surface area contributed by atoms with Gasteiger partial charge in [-0.15, -0.1) is 0 Å². The third kappa shape index (κ3) is 6.63. The molecular formula is C17H27NO3.